The second-order valence-electron chi connectivity index (χ2n) is 6.38. The van der Waals surface area contributed by atoms with Crippen LogP contribution in [0.3, 0.4) is 0 Å². The quantitative estimate of drug-likeness (QED) is 0.308. The predicted octanol–water partition coefficient (Wildman–Crippen LogP) is 3.06. The molecule has 8 heteroatoms. The van der Waals surface area contributed by atoms with Crippen molar-refractivity contribution >= 4 is 35.2 Å². The Bertz CT molecular complexity index is 1040. The Morgan fingerprint density at radius 1 is 1.13 bits per heavy atom. The largest absolute Gasteiger partial charge is 0.493 e. The summed E-state index contributed by atoms with van der Waals surface area (Å²) >= 11 is 4.80. The number of methoxy groups -OCH3 is 1. The molecule has 0 radical (unpaired) electrons. The summed E-state index contributed by atoms with van der Waals surface area (Å²) in [5.74, 6) is -0.734. The zero-order chi connectivity index (χ0) is 21.7. The molecule has 0 atom stereocenters. The molecule has 0 aromatic heterocycles. The van der Waals surface area contributed by atoms with Gasteiger partial charge < -0.3 is 9.47 Å². The molecule has 2 aromatic rings. The molecule has 0 aliphatic carbocycles. The average Bonchev–Trinajstić information content (AvgIpc) is 2.71. The second kappa shape index (κ2) is 9.32. The van der Waals surface area contributed by atoms with Gasteiger partial charge in [0.1, 0.15) is 18.0 Å². The molecule has 3 rings (SSSR count). The molecule has 1 heterocycles. The van der Waals surface area contributed by atoms with Crippen molar-refractivity contribution in [2.24, 2.45) is 0 Å². The van der Waals surface area contributed by atoms with Gasteiger partial charge in [-0.25, -0.2) is 4.39 Å². The molecular weight excluding hydrogens is 407 g/mol. The number of carbonyl (C=O) groups is 2. The van der Waals surface area contributed by atoms with Crippen LogP contribution >= 0.6 is 12.2 Å². The Hall–Kier alpha value is -3.52. The van der Waals surface area contributed by atoms with Crippen LogP contribution in [0.25, 0.3) is 6.08 Å². The number of hydrogen-bond acceptors (Lipinski definition) is 5. The first kappa shape index (κ1) is 21.2. The highest BCUT2D eigenvalue weighted by Gasteiger charge is 2.26. The van der Waals surface area contributed by atoms with E-state index in [9.17, 15) is 14.0 Å². The Labute approximate surface area is 178 Å². The molecule has 1 fully saturated rings. The van der Waals surface area contributed by atoms with Gasteiger partial charge in [0.05, 0.1) is 7.11 Å². The minimum atomic E-state index is -0.590. The number of hydrogen-bond donors (Lipinski definition) is 2. The van der Waals surface area contributed by atoms with E-state index >= 15 is 0 Å². The van der Waals surface area contributed by atoms with E-state index in [1.165, 1.54) is 19.3 Å². The predicted molar refractivity (Wildman–Crippen MR) is 114 cm³/mol. The van der Waals surface area contributed by atoms with E-state index < -0.39 is 11.8 Å². The van der Waals surface area contributed by atoms with E-state index in [4.69, 9.17) is 21.7 Å². The zero-order valence-electron chi connectivity index (χ0n) is 16.2. The molecule has 1 aliphatic rings. The highest BCUT2D eigenvalue weighted by atomic mass is 32.1. The van der Waals surface area contributed by atoms with Crippen LogP contribution in [0.2, 0.25) is 0 Å². The van der Waals surface area contributed by atoms with Gasteiger partial charge >= 0.3 is 0 Å². The summed E-state index contributed by atoms with van der Waals surface area (Å²) in [4.78, 5) is 24.2. The number of nitrogens with one attached hydrogen (secondary N) is 2. The summed E-state index contributed by atoms with van der Waals surface area (Å²) < 4.78 is 25.2. The Balaban J connectivity index is 1.97. The molecule has 2 amide bonds. The van der Waals surface area contributed by atoms with Crippen LogP contribution in [0.4, 0.5) is 4.39 Å². The molecule has 0 bridgehead atoms. The molecule has 154 valence electrons. The number of allylic oxidation sites excluding steroid dienone is 1. The van der Waals surface area contributed by atoms with Crippen molar-refractivity contribution < 1.29 is 23.5 Å². The summed E-state index contributed by atoms with van der Waals surface area (Å²) in [6.07, 6.45) is 3.55. The van der Waals surface area contributed by atoms with Gasteiger partial charge in [0, 0.05) is 11.1 Å². The van der Waals surface area contributed by atoms with Gasteiger partial charge in [-0.15, -0.1) is 6.58 Å². The van der Waals surface area contributed by atoms with Gasteiger partial charge in [-0.3, -0.25) is 20.2 Å². The van der Waals surface area contributed by atoms with Crippen molar-refractivity contribution in [2.75, 3.05) is 7.11 Å². The highest BCUT2D eigenvalue weighted by Crippen LogP contribution is 2.35. The summed E-state index contributed by atoms with van der Waals surface area (Å²) in [6, 6.07) is 9.71. The third-order valence-corrected chi connectivity index (χ3v) is 4.53. The molecule has 6 nitrogen and oxygen atoms in total. The van der Waals surface area contributed by atoms with Crippen molar-refractivity contribution in [1.82, 2.24) is 10.6 Å². The fourth-order valence-electron chi connectivity index (χ4n) is 2.93. The fourth-order valence-corrected chi connectivity index (χ4v) is 3.11. The molecule has 1 aliphatic heterocycles. The third-order valence-electron chi connectivity index (χ3n) is 4.32. The van der Waals surface area contributed by atoms with Crippen LogP contribution in [-0.2, 0) is 22.6 Å². The number of benzene rings is 2. The molecule has 2 aromatic carbocycles. The monoisotopic (exact) mass is 426 g/mol. The Morgan fingerprint density at radius 3 is 2.47 bits per heavy atom. The summed E-state index contributed by atoms with van der Waals surface area (Å²) in [7, 11) is 1.47. The number of carbonyl (C=O) groups excluding carboxylic acids is 2. The maximum atomic E-state index is 13.9. The minimum Gasteiger partial charge on any atom is -0.493 e. The Kier molecular flexibility index (Phi) is 6.58. The number of halogens is 1. The topological polar surface area (TPSA) is 76.7 Å². The number of rotatable bonds is 7. The maximum Gasteiger partial charge on any atom is 0.263 e. The minimum absolute atomic E-state index is 0.00979. The van der Waals surface area contributed by atoms with E-state index in [1.807, 2.05) is 0 Å². The van der Waals surface area contributed by atoms with E-state index in [-0.39, 0.29) is 23.1 Å². The number of ether oxygens (including phenoxy) is 2. The molecule has 0 unspecified atom stereocenters. The van der Waals surface area contributed by atoms with Crippen molar-refractivity contribution in [3.8, 4) is 11.5 Å². The summed E-state index contributed by atoms with van der Waals surface area (Å²) in [5.41, 5.74) is 1.58. The number of amides is 2. The second-order valence-corrected chi connectivity index (χ2v) is 6.79. The van der Waals surface area contributed by atoms with Crippen LogP contribution in [0.1, 0.15) is 16.7 Å². The molecule has 1 saturated heterocycles. The van der Waals surface area contributed by atoms with Gasteiger partial charge in [0.2, 0.25) is 0 Å². The van der Waals surface area contributed by atoms with E-state index in [0.29, 0.717) is 34.6 Å². The van der Waals surface area contributed by atoms with E-state index in [0.717, 1.165) is 0 Å². The van der Waals surface area contributed by atoms with Crippen LogP contribution < -0.4 is 20.1 Å². The van der Waals surface area contributed by atoms with Gasteiger partial charge in [-0.05, 0) is 48.5 Å². The first-order valence-electron chi connectivity index (χ1n) is 8.99. The molecular formula is C22H19FN2O4S. The van der Waals surface area contributed by atoms with E-state index in [1.54, 1.807) is 36.4 Å². The smallest absolute Gasteiger partial charge is 0.263 e. The lowest BCUT2D eigenvalue weighted by Gasteiger charge is -2.18. The van der Waals surface area contributed by atoms with Gasteiger partial charge in [0.15, 0.2) is 16.6 Å². The number of thiocarbonyl (C=S) groups is 1. The molecule has 30 heavy (non-hydrogen) atoms. The lowest BCUT2D eigenvalue weighted by Crippen LogP contribution is -2.51. The van der Waals surface area contributed by atoms with Crippen molar-refractivity contribution in [1.29, 1.82) is 0 Å². The first-order chi connectivity index (χ1) is 14.4. The first-order valence-corrected chi connectivity index (χ1v) is 9.40. The fraction of sp³-hybridized carbons (Fsp3) is 0.136. The van der Waals surface area contributed by atoms with Crippen LogP contribution in [0.15, 0.2) is 54.6 Å². The van der Waals surface area contributed by atoms with Crippen LogP contribution in [0, 0.1) is 5.82 Å². The Morgan fingerprint density at radius 2 is 1.83 bits per heavy atom. The van der Waals surface area contributed by atoms with Crippen LogP contribution in [-0.4, -0.2) is 24.0 Å². The molecule has 0 saturated carbocycles. The molecule has 2 N–H and O–H groups in total. The third kappa shape index (κ3) is 4.72. The van der Waals surface area contributed by atoms with Crippen molar-refractivity contribution in [3.63, 3.8) is 0 Å². The van der Waals surface area contributed by atoms with Crippen molar-refractivity contribution in [3.05, 3.63) is 77.1 Å². The average molecular weight is 426 g/mol. The SMILES string of the molecule is C=CCc1cc(C=C2C(=O)NC(=S)NC2=O)cc(OC)c1OCc1ccccc1F. The standard InChI is InChI=1S/C22H19FN2O4S/c1-3-6-14-9-13(10-16-20(26)24-22(30)25-21(16)27)11-18(28-2)19(14)29-12-15-7-4-5-8-17(15)23/h3-5,7-11H,1,6,12H2,2H3,(H2,24,25,26,27,30). The summed E-state index contributed by atoms with van der Waals surface area (Å²) in [5, 5.41) is 4.74. The molecule has 0 spiro atoms. The lowest BCUT2D eigenvalue weighted by molar-refractivity contribution is -0.123. The highest BCUT2D eigenvalue weighted by molar-refractivity contribution is 7.80. The van der Waals surface area contributed by atoms with Gasteiger partial charge in [-0.2, -0.15) is 0 Å². The van der Waals surface area contributed by atoms with Crippen LogP contribution in [0.5, 0.6) is 11.5 Å². The van der Waals surface area contributed by atoms with Gasteiger partial charge in [-0.1, -0.05) is 24.3 Å². The normalized spacial score (nSPS) is 13.4. The van der Waals surface area contributed by atoms with Gasteiger partial charge in [0.25, 0.3) is 11.8 Å². The van der Waals surface area contributed by atoms with Crippen molar-refractivity contribution in [2.45, 2.75) is 13.0 Å². The zero-order valence-corrected chi connectivity index (χ0v) is 17.0. The van der Waals surface area contributed by atoms with E-state index in [2.05, 4.69) is 17.2 Å². The summed E-state index contributed by atoms with van der Waals surface area (Å²) in [6.45, 7) is 3.76. The lowest BCUT2D eigenvalue weighted by atomic mass is 10.0. The maximum absolute atomic E-state index is 13.9.